The third-order valence-corrected chi connectivity index (χ3v) is 1.61. The lowest BCUT2D eigenvalue weighted by Crippen LogP contribution is -2.31. The van der Waals surface area contributed by atoms with Crippen LogP contribution in [0.3, 0.4) is 0 Å². The van der Waals surface area contributed by atoms with Crippen LogP contribution in [0.25, 0.3) is 0 Å². The van der Waals surface area contributed by atoms with Gasteiger partial charge in [0.2, 0.25) is 0 Å². The van der Waals surface area contributed by atoms with Gasteiger partial charge in [0.15, 0.2) is 0 Å². The van der Waals surface area contributed by atoms with Gasteiger partial charge in [0.05, 0.1) is 12.0 Å². The number of hydrogen-bond donors (Lipinski definition) is 0. The van der Waals surface area contributed by atoms with Gasteiger partial charge in [-0.2, -0.15) is 5.26 Å². The van der Waals surface area contributed by atoms with E-state index in [2.05, 4.69) is 17.4 Å². The molecule has 0 N–H and O–H groups in total. The lowest BCUT2D eigenvalue weighted by atomic mass is 10.0. The third kappa shape index (κ3) is 1.69. The van der Waals surface area contributed by atoms with Crippen molar-refractivity contribution in [1.82, 2.24) is 4.90 Å². The summed E-state index contributed by atoms with van der Waals surface area (Å²) in [4.78, 5) is 2.16. The number of nitrogens with zero attached hydrogens (tertiary/aromatic N) is 2. The Bertz CT molecular complexity index is 125. The molecule has 1 rings (SSSR count). The van der Waals surface area contributed by atoms with Crippen LogP contribution in [0.5, 0.6) is 0 Å². The number of likely N-dealkylation sites (tertiary alicyclic amines) is 1. The second-order valence-corrected chi connectivity index (χ2v) is 2.57. The Morgan fingerprint density at radius 1 is 1.78 bits per heavy atom. The van der Waals surface area contributed by atoms with E-state index in [-0.39, 0.29) is 5.92 Å². The second-order valence-electron chi connectivity index (χ2n) is 2.57. The highest BCUT2D eigenvalue weighted by Crippen LogP contribution is 2.11. The molecule has 2 heteroatoms. The molecule has 1 fully saturated rings. The monoisotopic (exact) mass is 123 g/mol. The Morgan fingerprint density at radius 3 is 3.00 bits per heavy atom. The summed E-state index contributed by atoms with van der Waals surface area (Å²) in [5.74, 6) is 0.240. The highest BCUT2D eigenvalue weighted by Gasteiger charge is 2.15. The summed E-state index contributed by atoms with van der Waals surface area (Å²) < 4.78 is 0. The van der Waals surface area contributed by atoms with Crippen LogP contribution < -0.4 is 0 Å². The predicted octanol–water partition coefficient (Wildman–Crippen LogP) is 0.666. The maximum Gasteiger partial charge on any atom is 0.0669 e. The first-order valence-electron chi connectivity index (χ1n) is 3.22. The molecule has 1 heterocycles. The number of piperidine rings is 1. The molecular formula is C7H11N2. The smallest absolute Gasteiger partial charge is 0.0669 e. The zero-order valence-corrected chi connectivity index (χ0v) is 5.67. The van der Waals surface area contributed by atoms with Gasteiger partial charge in [0, 0.05) is 13.1 Å². The molecule has 0 aromatic carbocycles. The second kappa shape index (κ2) is 2.84. The minimum absolute atomic E-state index is 0.240. The molecule has 2 nitrogen and oxygen atoms in total. The molecule has 9 heavy (non-hydrogen) atoms. The van der Waals surface area contributed by atoms with E-state index in [9.17, 15) is 0 Å². The average molecular weight is 123 g/mol. The summed E-state index contributed by atoms with van der Waals surface area (Å²) in [6.45, 7) is 1.98. The molecule has 0 aromatic heterocycles. The van der Waals surface area contributed by atoms with Crippen molar-refractivity contribution in [2.24, 2.45) is 5.92 Å². The first-order valence-corrected chi connectivity index (χ1v) is 3.22. The van der Waals surface area contributed by atoms with Gasteiger partial charge in [-0.05, 0) is 19.9 Å². The van der Waals surface area contributed by atoms with Crippen molar-refractivity contribution in [3.8, 4) is 6.07 Å². The highest BCUT2D eigenvalue weighted by atomic mass is 15.1. The van der Waals surface area contributed by atoms with E-state index < -0.39 is 0 Å². The van der Waals surface area contributed by atoms with Crippen molar-refractivity contribution in [1.29, 1.82) is 5.26 Å². The van der Waals surface area contributed by atoms with E-state index in [4.69, 9.17) is 5.26 Å². The number of hydrogen-bond acceptors (Lipinski definition) is 2. The fourth-order valence-electron chi connectivity index (χ4n) is 1.11. The molecule has 0 aromatic rings. The molecule has 0 saturated carbocycles. The van der Waals surface area contributed by atoms with Crippen LogP contribution in [0.15, 0.2) is 0 Å². The summed E-state index contributed by atoms with van der Waals surface area (Å²) in [5, 5.41) is 8.51. The fourth-order valence-corrected chi connectivity index (χ4v) is 1.11. The average Bonchev–Trinajstić information content (AvgIpc) is 1.88. The molecule has 1 aliphatic heterocycles. The van der Waals surface area contributed by atoms with Crippen LogP contribution in [0, 0.1) is 23.7 Å². The van der Waals surface area contributed by atoms with Crippen LogP contribution in [0.2, 0.25) is 0 Å². The normalized spacial score (nSPS) is 29.6. The van der Waals surface area contributed by atoms with Gasteiger partial charge < -0.3 is 4.90 Å². The van der Waals surface area contributed by atoms with Gasteiger partial charge in [-0.1, -0.05) is 0 Å². The molecule has 0 bridgehead atoms. The maximum absolute atomic E-state index is 8.51. The molecule has 0 aliphatic carbocycles. The minimum atomic E-state index is 0.240. The zero-order chi connectivity index (χ0) is 6.69. The van der Waals surface area contributed by atoms with Crippen molar-refractivity contribution in [2.75, 3.05) is 20.1 Å². The SMILES string of the molecule is CN1C[CH]CC(C#N)C1. The predicted molar refractivity (Wildman–Crippen MR) is 35.5 cm³/mol. The van der Waals surface area contributed by atoms with Gasteiger partial charge in [-0.15, -0.1) is 0 Å². The topological polar surface area (TPSA) is 27.0 Å². The summed E-state index contributed by atoms with van der Waals surface area (Å²) in [6.07, 6.45) is 3.14. The van der Waals surface area contributed by atoms with Crippen LogP contribution >= 0.6 is 0 Å². The fraction of sp³-hybridized carbons (Fsp3) is 0.714. The van der Waals surface area contributed by atoms with Crippen LogP contribution in [0.1, 0.15) is 6.42 Å². The first-order chi connectivity index (χ1) is 4.33. The quantitative estimate of drug-likeness (QED) is 0.473. The molecule has 1 atom stereocenters. The maximum atomic E-state index is 8.51. The summed E-state index contributed by atoms with van der Waals surface area (Å²) in [5.41, 5.74) is 0. The third-order valence-electron chi connectivity index (χ3n) is 1.61. The summed E-state index contributed by atoms with van der Waals surface area (Å²) in [6, 6.07) is 2.26. The number of nitriles is 1. The Labute approximate surface area is 56.1 Å². The van der Waals surface area contributed by atoms with Crippen LogP contribution in [-0.4, -0.2) is 25.0 Å². The van der Waals surface area contributed by atoms with E-state index in [1.807, 2.05) is 7.05 Å². The van der Waals surface area contributed by atoms with Crippen molar-refractivity contribution >= 4 is 0 Å². The Morgan fingerprint density at radius 2 is 2.56 bits per heavy atom. The number of rotatable bonds is 0. The summed E-state index contributed by atoms with van der Waals surface area (Å²) in [7, 11) is 2.04. The van der Waals surface area contributed by atoms with Crippen molar-refractivity contribution in [2.45, 2.75) is 6.42 Å². The Kier molecular flexibility index (Phi) is 2.07. The van der Waals surface area contributed by atoms with Gasteiger partial charge in [-0.3, -0.25) is 0 Å². The molecule has 1 unspecified atom stereocenters. The first kappa shape index (κ1) is 6.57. The van der Waals surface area contributed by atoms with Gasteiger partial charge in [0.1, 0.15) is 0 Å². The van der Waals surface area contributed by atoms with Gasteiger partial charge in [0.25, 0.3) is 0 Å². The molecule has 1 aliphatic rings. The van der Waals surface area contributed by atoms with E-state index >= 15 is 0 Å². The van der Waals surface area contributed by atoms with E-state index in [1.54, 1.807) is 0 Å². The van der Waals surface area contributed by atoms with E-state index in [0.717, 1.165) is 19.5 Å². The minimum Gasteiger partial charge on any atom is -0.305 e. The molecule has 0 spiro atoms. The van der Waals surface area contributed by atoms with Crippen LogP contribution in [-0.2, 0) is 0 Å². The summed E-state index contributed by atoms with van der Waals surface area (Å²) >= 11 is 0. The molecular weight excluding hydrogens is 112 g/mol. The zero-order valence-electron chi connectivity index (χ0n) is 5.67. The standard InChI is InChI=1S/C7H11N2/c1-9-4-2-3-7(5-8)6-9/h2,7H,3-4,6H2,1H3. The van der Waals surface area contributed by atoms with Crippen molar-refractivity contribution < 1.29 is 0 Å². The van der Waals surface area contributed by atoms with Crippen LogP contribution in [0.4, 0.5) is 0 Å². The lowest BCUT2D eigenvalue weighted by molar-refractivity contribution is 0.282. The van der Waals surface area contributed by atoms with Gasteiger partial charge in [-0.25, -0.2) is 0 Å². The Balaban J connectivity index is 2.34. The molecule has 0 amide bonds. The van der Waals surface area contributed by atoms with Gasteiger partial charge >= 0.3 is 0 Å². The van der Waals surface area contributed by atoms with E-state index in [0.29, 0.717) is 0 Å². The van der Waals surface area contributed by atoms with Crippen molar-refractivity contribution in [3.05, 3.63) is 6.42 Å². The molecule has 1 saturated heterocycles. The molecule has 49 valence electrons. The highest BCUT2D eigenvalue weighted by molar-refractivity contribution is 4.93. The molecule has 1 radical (unpaired) electrons. The lowest BCUT2D eigenvalue weighted by Gasteiger charge is -2.24. The van der Waals surface area contributed by atoms with E-state index in [1.165, 1.54) is 0 Å². The Hall–Kier alpha value is -0.550. The van der Waals surface area contributed by atoms with Crippen molar-refractivity contribution in [3.63, 3.8) is 0 Å². The largest absolute Gasteiger partial charge is 0.305 e.